The molecule has 1 saturated heterocycles. The Balaban J connectivity index is 1.61. The molecule has 2 heterocycles. The van der Waals surface area contributed by atoms with Gasteiger partial charge in [0, 0.05) is 13.1 Å². The summed E-state index contributed by atoms with van der Waals surface area (Å²) in [5, 5.41) is 6.38. The summed E-state index contributed by atoms with van der Waals surface area (Å²) in [5.41, 5.74) is 0.992. The first-order chi connectivity index (χ1) is 10.7. The zero-order valence-corrected chi connectivity index (χ0v) is 11.8. The largest absolute Gasteiger partial charge is 0.471 e. The molecule has 0 saturated carbocycles. The van der Waals surface area contributed by atoms with Crippen molar-refractivity contribution in [2.75, 3.05) is 19.6 Å². The molecule has 1 aliphatic rings. The topological polar surface area (TPSA) is 84.7 Å². The van der Waals surface area contributed by atoms with E-state index >= 15 is 0 Å². The highest BCUT2D eigenvalue weighted by Crippen LogP contribution is 2.15. The maximum atomic E-state index is 12.2. The number of carbonyl (C=O) groups is 2. The van der Waals surface area contributed by atoms with Crippen molar-refractivity contribution in [1.82, 2.24) is 15.4 Å². The fourth-order valence-corrected chi connectivity index (χ4v) is 2.13. The second kappa shape index (κ2) is 6.30. The van der Waals surface area contributed by atoms with Crippen molar-refractivity contribution >= 4 is 11.8 Å². The second-order valence-corrected chi connectivity index (χ2v) is 4.88. The van der Waals surface area contributed by atoms with Gasteiger partial charge in [0.15, 0.2) is 0 Å². The Hall–Kier alpha value is -2.83. The van der Waals surface area contributed by atoms with Gasteiger partial charge in [0.05, 0.1) is 6.07 Å². The molecule has 0 radical (unpaired) electrons. The van der Waals surface area contributed by atoms with Gasteiger partial charge in [-0.15, -0.1) is 0 Å². The van der Waals surface area contributed by atoms with Crippen molar-refractivity contribution in [2.24, 2.45) is 0 Å². The Bertz CT molecular complexity index is 668. The van der Waals surface area contributed by atoms with Gasteiger partial charge in [-0.3, -0.25) is 9.59 Å². The predicted molar refractivity (Wildman–Crippen MR) is 76.2 cm³/mol. The Kier molecular flexibility index (Phi) is 4.04. The number of hydrogen-bond acceptors (Lipinski definition) is 5. The summed E-state index contributed by atoms with van der Waals surface area (Å²) in [6, 6.07) is 11.1. The van der Waals surface area contributed by atoms with E-state index in [4.69, 9.17) is 9.26 Å². The number of ether oxygens (including phenoxy) is 1. The molecular formula is C15H15N3O4. The van der Waals surface area contributed by atoms with Crippen LogP contribution in [-0.4, -0.2) is 41.5 Å². The fraction of sp³-hybridized carbons (Fsp3) is 0.267. The average molecular weight is 301 g/mol. The van der Waals surface area contributed by atoms with E-state index < -0.39 is 0 Å². The van der Waals surface area contributed by atoms with Crippen LogP contribution in [0.25, 0.3) is 0 Å². The Labute approximate surface area is 126 Å². The van der Waals surface area contributed by atoms with E-state index in [-0.39, 0.29) is 30.0 Å². The normalized spacial score (nSPS) is 14.5. The standard InChI is InChI=1S/C15H15N3O4/c19-13-9-18(7-6-16-13)15(20)12-8-14(17-22-12)21-10-11-4-2-1-3-5-11/h1-5,8H,6-7,9-10H2,(H,16,19). The molecule has 1 aromatic carbocycles. The number of nitrogens with zero attached hydrogens (tertiary/aromatic N) is 2. The first-order valence-corrected chi connectivity index (χ1v) is 6.92. The van der Waals surface area contributed by atoms with Crippen LogP contribution in [0.1, 0.15) is 16.1 Å². The molecule has 1 fully saturated rings. The molecule has 1 aliphatic heterocycles. The van der Waals surface area contributed by atoms with Crippen LogP contribution in [0, 0.1) is 0 Å². The highest BCUT2D eigenvalue weighted by Gasteiger charge is 2.25. The molecule has 0 unspecified atom stereocenters. The quantitative estimate of drug-likeness (QED) is 0.904. The molecule has 7 heteroatoms. The van der Waals surface area contributed by atoms with Crippen molar-refractivity contribution < 1.29 is 18.8 Å². The van der Waals surface area contributed by atoms with Crippen molar-refractivity contribution in [2.45, 2.75) is 6.61 Å². The van der Waals surface area contributed by atoms with Crippen molar-refractivity contribution in [3.05, 3.63) is 47.7 Å². The van der Waals surface area contributed by atoms with Crippen LogP contribution in [0.15, 0.2) is 40.9 Å². The van der Waals surface area contributed by atoms with E-state index in [1.807, 2.05) is 30.3 Å². The van der Waals surface area contributed by atoms with Crippen LogP contribution in [0.5, 0.6) is 5.88 Å². The van der Waals surface area contributed by atoms with E-state index in [1.165, 1.54) is 11.0 Å². The number of benzene rings is 1. The lowest BCUT2D eigenvalue weighted by Gasteiger charge is -2.25. The second-order valence-electron chi connectivity index (χ2n) is 4.88. The monoisotopic (exact) mass is 301 g/mol. The molecule has 0 bridgehead atoms. The third kappa shape index (κ3) is 3.25. The van der Waals surface area contributed by atoms with Gasteiger partial charge in [-0.25, -0.2) is 0 Å². The summed E-state index contributed by atoms with van der Waals surface area (Å²) in [6.45, 7) is 1.26. The molecule has 3 rings (SSSR count). The number of aromatic nitrogens is 1. The molecule has 1 N–H and O–H groups in total. The van der Waals surface area contributed by atoms with E-state index in [1.54, 1.807) is 0 Å². The summed E-state index contributed by atoms with van der Waals surface area (Å²) in [7, 11) is 0. The zero-order chi connectivity index (χ0) is 15.4. The summed E-state index contributed by atoms with van der Waals surface area (Å²) >= 11 is 0. The minimum Gasteiger partial charge on any atom is -0.471 e. The van der Waals surface area contributed by atoms with Gasteiger partial charge in [0.1, 0.15) is 13.2 Å². The van der Waals surface area contributed by atoms with Crippen LogP contribution in [0.4, 0.5) is 0 Å². The lowest BCUT2D eigenvalue weighted by Crippen LogP contribution is -2.49. The van der Waals surface area contributed by atoms with Crippen LogP contribution in [0.2, 0.25) is 0 Å². The predicted octanol–water partition coefficient (Wildman–Crippen LogP) is 0.826. The van der Waals surface area contributed by atoms with Gasteiger partial charge < -0.3 is 19.5 Å². The van der Waals surface area contributed by atoms with E-state index in [0.717, 1.165) is 5.56 Å². The molecular weight excluding hydrogens is 286 g/mol. The summed E-state index contributed by atoms with van der Waals surface area (Å²) < 4.78 is 10.5. The van der Waals surface area contributed by atoms with Crippen molar-refractivity contribution in [1.29, 1.82) is 0 Å². The molecule has 0 spiro atoms. The average Bonchev–Trinajstić information content (AvgIpc) is 3.02. The van der Waals surface area contributed by atoms with Crippen LogP contribution >= 0.6 is 0 Å². The number of hydrogen-bond donors (Lipinski definition) is 1. The van der Waals surface area contributed by atoms with Gasteiger partial charge in [-0.2, -0.15) is 0 Å². The summed E-state index contributed by atoms with van der Waals surface area (Å²) in [4.78, 5) is 24.9. The number of rotatable bonds is 4. The number of amides is 2. The first-order valence-electron chi connectivity index (χ1n) is 6.92. The third-order valence-corrected chi connectivity index (χ3v) is 3.25. The van der Waals surface area contributed by atoms with Gasteiger partial charge in [-0.1, -0.05) is 30.3 Å². The molecule has 114 valence electrons. The molecule has 2 amide bonds. The van der Waals surface area contributed by atoms with E-state index in [2.05, 4.69) is 10.5 Å². The van der Waals surface area contributed by atoms with E-state index in [0.29, 0.717) is 19.7 Å². The Morgan fingerprint density at radius 2 is 2.18 bits per heavy atom. The minimum absolute atomic E-state index is 0.0275. The van der Waals surface area contributed by atoms with Crippen molar-refractivity contribution in [3.63, 3.8) is 0 Å². The maximum Gasteiger partial charge on any atom is 0.293 e. The molecule has 2 aromatic rings. The van der Waals surface area contributed by atoms with Gasteiger partial charge >= 0.3 is 0 Å². The summed E-state index contributed by atoms with van der Waals surface area (Å²) in [6.07, 6.45) is 0. The zero-order valence-electron chi connectivity index (χ0n) is 11.8. The van der Waals surface area contributed by atoms with Crippen molar-refractivity contribution in [3.8, 4) is 5.88 Å². The Morgan fingerprint density at radius 1 is 1.36 bits per heavy atom. The van der Waals surface area contributed by atoms with Crippen LogP contribution in [-0.2, 0) is 11.4 Å². The fourth-order valence-electron chi connectivity index (χ4n) is 2.13. The first kappa shape index (κ1) is 14.1. The van der Waals surface area contributed by atoms with Gasteiger partial charge in [-0.05, 0) is 10.7 Å². The lowest BCUT2D eigenvalue weighted by atomic mass is 10.2. The maximum absolute atomic E-state index is 12.2. The molecule has 22 heavy (non-hydrogen) atoms. The summed E-state index contributed by atoms with van der Waals surface area (Å²) in [5.74, 6) is -0.233. The third-order valence-electron chi connectivity index (χ3n) is 3.25. The van der Waals surface area contributed by atoms with E-state index in [9.17, 15) is 9.59 Å². The minimum atomic E-state index is -0.364. The Morgan fingerprint density at radius 3 is 2.95 bits per heavy atom. The molecule has 7 nitrogen and oxygen atoms in total. The number of piperazine rings is 1. The molecule has 1 aromatic heterocycles. The lowest BCUT2D eigenvalue weighted by molar-refractivity contribution is -0.123. The van der Waals surface area contributed by atoms with Crippen LogP contribution in [0.3, 0.4) is 0 Å². The smallest absolute Gasteiger partial charge is 0.293 e. The molecule has 0 aliphatic carbocycles. The van der Waals surface area contributed by atoms with Gasteiger partial charge in [0.25, 0.3) is 11.8 Å². The van der Waals surface area contributed by atoms with Gasteiger partial charge in [0.2, 0.25) is 11.7 Å². The number of carbonyl (C=O) groups excluding carboxylic acids is 2. The highest BCUT2D eigenvalue weighted by atomic mass is 16.5. The SMILES string of the molecule is O=C1CN(C(=O)c2cc(OCc3ccccc3)no2)CCN1. The number of nitrogens with one attached hydrogen (secondary N) is 1. The molecule has 0 atom stereocenters. The highest BCUT2D eigenvalue weighted by molar-refractivity contribution is 5.95. The van der Waals surface area contributed by atoms with Crippen LogP contribution < -0.4 is 10.1 Å².